The van der Waals surface area contributed by atoms with E-state index in [9.17, 15) is 22.0 Å². The standard InChI is InChI=1S/C10H9F2NO4S/c1-2-7-3-5-8(6-4-7)13-9(14)10(11,12)18(15,16)17/h2-6H,1H2,(H,13,14)(H,15,16,17). The van der Waals surface area contributed by atoms with Crippen molar-refractivity contribution in [2.45, 2.75) is 5.25 Å². The number of benzene rings is 1. The maximum atomic E-state index is 12.9. The van der Waals surface area contributed by atoms with Gasteiger partial charge in [-0.1, -0.05) is 24.8 Å². The highest BCUT2D eigenvalue weighted by Crippen LogP contribution is 2.23. The number of anilines is 1. The van der Waals surface area contributed by atoms with Gasteiger partial charge in [0.25, 0.3) is 0 Å². The maximum Gasteiger partial charge on any atom is 0.446 e. The fraction of sp³-hybridized carbons (Fsp3) is 0.100. The van der Waals surface area contributed by atoms with Gasteiger partial charge < -0.3 is 5.32 Å². The summed E-state index contributed by atoms with van der Waals surface area (Å²) >= 11 is 0. The van der Waals surface area contributed by atoms with E-state index in [1.165, 1.54) is 30.3 Å². The van der Waals surface area contributed by atoms with Crippen LogP contribution in [0.1, 0.15) is 5.56 Å². The Kier molecular flexibility index (Phi) is 3.82. The summed E-state index contributed by atoms with van der Waals surface area (Å²) in [6.45, 7) is 3.47. The van der Waals surface area contributed by atoms with E-state index in [-0.39, 0.29) is 5.69 Å². The van der Waals surface area contributed by atoms with Gasteiger partial charge in [-0.25, -0.2) is 0 Å². The van der Waals surface area contributed by atoms with E-state index < -0.39 is 21.3 Å². The van der Waals surface area contributed by atoms with E-state index in [1.54, 1.807) is 5.32 Å². The molecule has 1 rings (SSSR count). The number of rotatable bonds is 4. The van der Waals surface area contributed by atoms with Gasteiger partial charge >= 0.3 is 21.3 Å². The molecule has 0 fully saturated rings. The number of carbonyl (C=O) groups excluding carboxylic acids is 1. The zero-order valence-electron chi connectivity index (χ0n) is 8.93. The molecule has 0 aliphatic heterocycles. The lowest BCUT2D eigenvalue weighted by molar-refractivity contribution is -0.130. The molecule has 18 heavy (non-hydrogen) atoms. The van der Waals surface area contributed by atoms with Gasteiger partial charge in [-0.05, 0) is 17.7 Å². The second-order valence-corrected chi connectivity index (χ2v) is 4.73. The van der Waals surface area contributed by atoms with Crippen LogP contribution in [-0.4, -0.2) is 24.1 Å². The molecule has 0 heterocycles. The predicted molar refractivity (Wildman–Crippen MR) is 61.7 cm³/mol. The number of hydrogen-bond acceptors (Lipinski definition) is 3. The highest BCUT2D eigenvalue weighted by molar-refractivity contribution is 7.87. The summed E-state index contributed by atoms with van der Waals surface area (Å²) in [6.07, 6.45) is 1.50. The van der Waals surface area contributed by atoms with Crippen molar-refractivity contribution in [3.63, 3.8) is 0 Å². The molecule has 98 valence electrons. The third-order valence-electron chi connectivity index (χ3n) is 1.99. The number of halogens is 2. The minimum atomic E-state index is -5.80. The first kappa shape index (κ1) is 14.3. The summed E-state index contributed by atoms with van der Waals surface area (Å²) in [6, 6.07) is 5.53. The lowest BCUT2D eigenvalue weighted by Gasteiger charge is -2.12. The van der Waals surface area contributed by atoms with E-state index in [0.29, 0.717) is 5.56 Å². The number of carbonyl (C=O) groups is 1. The minimum absolute atomic E-state index is 0.0334. The van der Waals surface area contributed by atoms with Crippen LogP contribution in [0, 0.1) is 0 Å². The molecule has 1 amide bonds. The molecule has 1 aromatic carbocycles. The molecule has 0 saturated heterocycles. The van der Waals surface area contributed by atoms with E-state index in [1.807, 2.05) is 0 Å². The van der Waals surface area contributed by atoms with Crippen LogP contribution in [0.5, 0.6) is 0 Å². The molecule has 0 aromatic heterocycles. The summed E-state index contributed by atoms with van der Waals surface area (Å²) in [5.41, 5.74) is 0.656. The molecule has 0 saturated carbocycles. The topological polar surface area (TPSA) is 83.5 Å². The molecule has 0 atom stereocenters. The number of nitrogens with one attached hydrogen (secondary N) is 1. The van der Waals surface area contributed by atoms with Gasteiger partial charge in [0.2, 0.25) is 0 Å². The maximum absolute atomic E-state index is 12.9. The molecular weight excluding hydrogens is 268 g/mol. The fourth-order valence-electron chi connectivity index (χ4n) is 1.02. The van der Waals surface area contributed by atoms with Gasteiger partial charge in [-0.2, -0.15) is 17.2 Å². The monoisotopic (exact) mass is 277 g/mol. The number of hydrogen-bond donors (Lipinski definition) is 2. The third kappa shape index (κ3) is 2.90. The average molecular weight is 277 g/mol. The molecule has 0 aliphatic carbocycles. The Balaban J connectivity index is 2.91. The third-order valence-corrected chi connectivity index (χ3v) is 2.83. The van der Waals surface area contributed by atoms with Crippen LogP contribution in [0.3, 0.4) is 0 Å². The molecule has 8 heteroatoms. The molecule has 1 aromatic rings. The fourth-order valence-corrected chi connectivity index (χ4v) is 1.31. The van der Waals surface area contributed by atoms with Gasteiger partial charge in [-0.15, -0.1) is 0 Å². The van der Waals surface area contributed by atoms with Crippen LogP contribution >= 0.6 is 0 Å². The van der Waals surface area contributed by atoms with Crippen molar-refractivity contribution in [3.05, 3.63) is 36.4 Å². The van der Waals surface area contributed by atoms with Crippen molar-refractivity contribution in [2.24, 2.45) is 0 Å². The highest BCUT2D eigenvalue weighted by Gasteiger charge is 2.52. The molecule has 0 unspecified atom stereocenters. The Bertz CT molecular complexity index is 566. The Labute approximate surface area is 102 Å². The van der Waals surface area contributed by atoms with E-state index in [0.717, 1.165) is 0 Å². The van der Waals surface area contributed by atoms with E-state index in [2.05, 4.69) is 6.58 Å². The van der Waals surface area contributed by atoms with Crippen molar-refractivity contribution in [2.75, 3.05) is 5.32 Å². The van der Waals surface area contributed by atoms with Crippen LogP contribution in [0.2, 0.25) is 0 Å². The first-order valence-electron chi connectivity index (χ1n) is 4.57. The highest BCUT2D eigenvalue weighted by atomic mass is 32.2. The lowest BCUT2D eigenvalue weighted by Crippen LogP contribution is -2.41. The lowest BCUT2D eigenvalue weighted by atomic mass is 10.2. The van der Waals surface area contributed by atoms with Crippen LogP contribution in [-0.2, 0) is 14.9 Å². The Morgan fingerprint density at radius 1 is 1.33 bits per heavy atom. The van der Waals surface area contributed by atoms with Crippen molar-refractivity contribution in [1.29, 1.82) is 0 Å². The SMILES string of the molecule is C=Cc1ccc(NC(=O)C(F)(F)S(=O)(=O)O)cc1. The van der Waals surface area contributed by atoms with Crippen LogP contribution in [0.25, 0.3) is 6.08 Å². The summed E-state index contributed by atoms with van der Waals surface area (Å²) < 4.78 is 54.6. The molecule has 0 radical (unpaired) electrons. The summed E-state index contributed by atoms with van der Waals surface area (Å²) in [4.78, 5) is 11.0. The predicted octanol–water partition coefficient (Wildman–Crippen LogP) is 1.75. The Morgan fingerprint density at radius 3 is 2.22 bits per heavy atom. The van der Waals surface area contributed by atoms with Gasteiger partial charge in [-0.3, -0.25) is 9.35 Å². The van der Waals surface area contributed by atoms with Gasteiger partial charge in [0.05, 0.1) is 0 Å². The molecule has 5 nitrogen and oxygen atoms in total. The Morgan fingerprint density at radius 2 is 1.83 bits per heavy atom. The smallest absolute Gasteiger partial charge is 0.320 e. The van der Waals surface area contributed by atoms with Crippen LogP contribution in [0.4, 0.5) is 14.5 Å². The number of amides is 1. The van der Waals surface area contributed by atoms with Gasteiger partial charge in [0.1, 0.15) is 0 Å². The zero-order chi connectivity index (χ0) is 14.0. The molecular formula is C10H9F2NO4S. The second-order valence-electron chi connectivity index (χ2n) is 3.27. The molecule has 0 aliphatic rings. The van der Waals surface area contributed by atoms with Crippen molar-refractivity contribution in [1.82, 2.24) is 0 Å². The van der Waals surface area contributed by atoms with E-state index in [4.69, 9.17) is 4.55 Å². The summed E-state index contributed by atoms with van der Waals surface area (Å²) in [5, 5.41) is -3.22. The van der Waals surface area contributed by atoms with Crippen molar-refractivity contribution >= 4 is 27.8 Å². The summed E-state index contributed by atoms with van der Waals surface area (Å²) in [7, 11) is -5.80. The Hall–Kier alpha value is -1.80. The van der Waals surface area contributed by atoms with Crippen LogP contribution < -0.4 is 5.32 Å². The van der Waals surface area contributed by atoms with Gasteiger partial charge in [0.15, 0.2) is 0 Å². The largest absolute Gasteiger partial charge is 0.446 e. The molecule has 2 N–H and O–H groups in total. The van der Waals surface area contributed by atoms with Crippen molar-refractivity contribution in [3.8, 4) is 0 Å². The normalized spacial score (nSPS) is 11.9. The number of alkyl halides is 2. The second kappa shape index (κ2) is 4.83. The quantitative estimate of drug-likeness (QED) is 0.821. The van der Waals surface area contributed by atoms with E-state index >= 15 is 0 Å². The average Bonchev–Trinajstić information content (AvgIpc) is 2.28. The zero-order valence-corrected chi connectivity index (χ0v) is 9.75. The first-order valence-corrected chi connectivity index (χ1v) is 6.01. The first-order chi connectivity index (χ1) is 8.18. The van der Waals surface area contributed by atoms with Crippen LogP contribution in [0.15, 0.2) is 30.8 Å². The summed E-state index contributed by atoms with van der Waals surface area (Å²) in [5.74, 6) is -2.13. The molecule has 0 bridgehead atoms. The minimum Gasteiger partial charge on any atom is -0.320 e. The van der Waals surface area contributed by atoms with Crippen molar-refractivity contribution < 1.29 is 26.5 Å². The van der Waals surface area contributed by atoms with Gasteiger partial charge in [0, 0.05) is 5.69 Å². The molecule has 0 spiro atoms.